The molecular formula is C22H21FN2O2. The highest BCUT2D eigenvalue weighted by molar-refractivity contribution is 6.01. The van der Waals surface area contributed by atoms with Crippen molar-refractivity contribution in [1.29, 1.82) is 5.26 Å². The molecule has 1 aliphatic rings. The zero-order valence-corrected chi connectivity index (χ0v) is 15.0. The van der Waals surface area contributed by atoms with Crippen molar-refractivity contribution in [3.63, 3.8) is 0 Å². The maximum absolute atomic E-state index is 13.6. The van der Waals surface area contributed by atoms with Crippen LogP contribution in [0.4, 0.5) is 4.39 Å². The van der Waals surface area contributed by atoms with Gasteiger partial charge in [0.1, 0.15) is 29.8 Å². The second-order valence-electron chi connectivity index (χ2n) is 6.57. The predicted molar refractivity (Wildman–Crippen MR) is 101 cm³/mol. The number of halogens is 1. The maximum Gasteiger partial charge on any atom is 0.262 e. The number of carbonyl (C=O) groups excluding carboxylic acids is 1. The van der Waals surface area contributed by atoms with Crippen LogP contribution < -0.4 is 10.1 Å². The van der Waals surface area contributed by atoms with Gasteiger partial charge in [-0.05, 0) is 42.7 Å². The highest BCUT2D eigenvalue weighted by atomic mass is 19.1. The monoisotopic (exact) mass is 364 g/mol. The molecule has 0 aliphatic heterocycles. The Hall–Kier alpha value is -3.13. The molecule has 1 amide bonds. The van der Waals surface area contributed by atoms with Crippen molar-refractivity contribution >= 4 is 12.0 Å². The number of carbonyl (C=O) groups is 1. The third-order valence-electron chi connectivity index (χ3n) is 4.60. The molecule has 1 aliphatic carbocycles. The minimum atomic E-state index is -0.329. The lowest BCUT2D eigenvalue weighted by Gasteiger charge is -2.11. The van der Waals surface area contributed by atoms with Crippen LogP contribution in [0.1, 0.15) is 36.8 Å². The second kappa shape index (κ2) is 9.00. The molecule has 0 radical (unpaired) electrons. The molecule has 3 rings (SSSR count). The Labute approximate surface area is 158 Å². The molecule has 138 valence electrons. The van der Waals surface area contributed by atoms with Gasteiger partial charge < -0.3 is 10.1 Å². The van der Waals surface area contributed by atoms with Crippen molar-refractivity contribution < 1.29 is 13.9 Å². The quantitative estimate of drug-likeness (QED) is 0.611. The van der Waals surface area contributed by atoms with Gasteiger partial charge in [-0.15, -0.1) is 0 Å². The lowest BCUT2D eigenvalue weighted by molar-refractivity contribution is -0.117. The van der Waals surface area contributed by atoms with Crippen molar-refractivity contribution in [2.45, 2.75) is 38.3 Å². The van der Waals surface area contributed by atoms with Crippen LogP contribution in [0.3, 0.4) is 0 Å². The Morgan fingerprint density at radius 2 is 1.89 bits per heavy atom. The number of hydrogen-bond acceptors (Lipinski definition) is 3. The third kappa shape index (κ3) is 5.18. The summed E-state index contributed by atoms with van der Waals surface area (Å²) in [4.78, 5) is 12.2. The molecular weight excluding hydrogens is 343 g/mol. The molecule has 1 saturated carbocycles. The smallest absolute Gasteiger partial charge is 0.262 e. The third-order valence-corrected chi connectivity index (χ3v) is 4.60. The summed E-state index contributed by atoms with van der Waals surface area (Å²) in [6, 6.07) is 15.6. The van der Waals surface area contributed by atoms with E-state index in [2.05, 4.69) is 5.32 Å². The van der Waals surface area contributed by atoms with Crippen LogP contribution >= 0.6 is 0 Å². The van der Waals surface area contributed by atoms with Crippen LogP contribution in [0.15, 0.2) is 54.1 Å². The summed E-state index contributed by atoms with van der Waals surface area (Å²) >= 11 is 0. The average molecular weight is 364 g/mol. The van der Waals surface area contributed by atoms with E-state index < -0.39 is 0 Å². The van der Waals surface area contributed by atoms with Gasteiger partial charge in [0.15, 0.2) is 0 Å². The molecule has 0 unspecified atom stereocenters. The summed E-state index contributed by atoms with van der Waals surface area (Å²) in [5.41, 5.74) is 1.30. The van der Waals surface area contributed by atoms with E-state index in [0.29, 0.717) is 11.3 Å². The largest absolute Gasteiger partial charge is 0.489 e. The number of nitrogens with zero attached hydrogens (tertiary/aromatic N) is 1. The maximum atomic E-state index is 13.6. The highest BCUT2D eigenvalue weighted by Gasteiger charge is 2.19. The Morgan fingerprint density at radius 3 is 2.56 bits per heavy atom. The number of hydrogen-bond donors (Lipinski definition) is 1. The molecule has 2 aromatic rings. The summed E-state index contributed by atoms with van der Waals surface area (Å²) in [5, 5.41) is 12.2. The Bertz CT molecular complexity index is 863. The van der Waals surface area contributed by atoms with Crippen molar-refractivity contribution in [1.82, 2.24) is 5.32 Å². The van der Waals surface area contributed by atoms with E-state index in [0.717, 1.165) is 31.2 Å². The lowest BCUT2D eigenvalue weighted by Crippen LogP contribution is -2.33. The minimum absolute atomic E-state index is 0.0851. The average Bonchev–Trinajstić information content (AvgIpc) is 3.19. The zero-order chi connectivity index (χ0) is 19.1. The van der Waals surface area contributed by atoms with Crippen LogP contribution in [0, 0.1) is 17.1 Å². The van der Waals surface area contributed by atoms with Crippen molar-refractivity contribution in [2.24, 2.45) is 0 Å². The van der Waals surface area contributed by atoms with E-state index in [1.54, 1.807) is 48.5 Å². The predicted octanol–water partition coefficient (Wildman–Crippen LogP) is 4.37. The van der Waals surface area contributed by atoms with Gasteiger partial charge >= 0.3 is 0 Å². The molecule has 0 aromatic heterocycles. The summed E-state index contributed by atoms with van der Waals surface area (Å²) in [6.45, 7) is 0.134. The lowest BCUT2D eigenvalue weighted by atomic mass is 10.1. The molecule has 5 heteroatoms. The van der Waals surface area contributed by atoms with Crippen molar-refractivity contribution in [2.75, 3.05) is 0 Å². The van der Waals surface area contributed by atoms with E-state index in [1.807, 2.05) is 6.07 Å². The Kier molecular flexibility index (Phi) is 6.22. The highest BCUT2D eigenvalue weighted by Crippen LogP contribution is 2.19. The fourth-order valence-corrected chi connectivity index (χ4v) is 3.09. The Balaban J connectivity index is 1.61. The summed E-state index contributed by atoms with van der Waals surface area (Å²) in [5.74, 6) is -0.0439. The molecule has 0 saturated heterocycles. The molecule has 0 spiro atoms. The fraction of sp³-hybridized carbons (Fsp3) is 0.273. The first-order valence-corrected chi connectivity index (χ1v) is 9.04. The number of ether oxygens (including phenoxy) is 1. The first-order valence-electron chi connectivity index (χ1n) is 9.04. The van der Waals surface area contributed by atoms with E-state index in [-0.39, 0.29) is 29.9 Å². The molecule has 1 fully saturated rings. The fourth-order valence-electron chi connectivity index (χ4n) is 3.09. The topological polar surface area (TPSA) is 62.1 Å². The van der Waals surface area contributed by atoms with Gasteiger partial charge in [-0.3, -0.25) is 4.79 Å². The van der Waals surface area contributed by atoms with Gasteiger partial charge in [0.25, 0.3) is 5.91 Å². The molecule has 0 heterocycles. The Morgan fingerprint density at radius 1 is 1.19 bits per heavy atom. The van der Waals surface area contributed by atoms with E-state index in [9.17, 15) is 14.4 Å². The number of benzene rings is 2. The molecule has 1 N–H and O–H groups in total. The molecule has 2 aromatic carbocycles. The van der Waals surface area contributed by atoms with Gasteiger partial charge in [-0.25, -0.2) is 4.39 Å². The summed E-state index contributed by atoms with van der Waals surface area (Å²) in [7, 11) is 0. The van der Waals surface area contributed by atoms with Crippen LogP contribution in [0.25, 0.3) is 6.08 Å². The van der Waals surface area contributed by atoms with Crippen molar-refractivity contribution in [3.8, 4) is 11.8 Å². The van der Waals surface area contributed by atoms with Gasteiger partial charge in [-0.1, -0.05) is 43.2 Å². The SMILES string of the molecule is N#C/C(=C\c1ccc(OCc2ccccc2F)cc1)C(=O)NC1CCCC1. The summed E-state index contributed by atoms with van der Waals surface area (Å²) in [6.07, 6.45) is 5.73. The van der Waals surface area contributed by atoms with Crippen LogP contribution in [0.5, 0.6) is 5.75 Å². The number of nitrogens with one attached hydrogen (secondary N) is 1. The van der Waals surface area contributed by atoms with E-state index in [1.165, 1.54) is 6.07 Å². The normalized spacial score (nSPS) is 14.6. The zero-order valence-electron chi connectivity index (χ0n) is 15.0. The molecule has 27 heavy (non-hydrogen) atoms. The van der Waals surface area contributed by atoms with Crippen LogP contribution in [-0.4, -0.2) is 11.9 Å². The number of amides is 1. The van der Waals surface area contributed by atoms with E-state index in [4.69, 9.17) is 4.74 Å². The number of rotatable bonds is 6. The number of nitriles is 1. The van der Waals surface area contributed by atoms with E-state index >= 15 is 0 Å². The molecule has 0 atom stereocenters. The molecule has 4 nitrogen and oxygen atoms in total. The van der Waals surface area contributed by atoms with Crippen molar-refractivity contribution in [3.05, 3.63) is 71.0 Å². The summed E-state index contributed by atoms with van der Waals surface area (Å²) < 4.78 is 19.2. The van der Waals surface area contributed by atoms with Gasteiger partial charge in [0, 0.05) is 11.6 Å². The van der Waals surface area contributed by atoms with Crippen LogP contribution in [0.2, 0.25) is 0 Å². The van der Waals surface area contributed by atoms with Gasteiger partial charge in [-0.2, -0.15) is 5.26 Å². The van der Waals surface area contributed by atoms with Gasteiger partial charge in [0.05, 0.1) is 0 Å². The molecule has 0 bridgehead atoms. The first kappa shape index (κ1) is 18.7. The minimum Gasteiger partial charge on any atom is -0.489 e. The second-order valence-corrected chi connectivity index (χ2v) is 6.57. The first-order chi connectivity index (χ1) is 13.2. The van der Waals surface area contributed by atoms with Gasteiger partial charge in [0.2, 0.25) is 0 Å². The standard InChI is InChI=1S/C22H21FN2O2/c23-21-8-4-1-5-17(21)15-27-20-11-9-16(10-12-20)13-18(14-24)22(26)25-19-6-2-3-7-19/h1,4-5,8-13,19H,2-3,6-7,15H2,(H,25,26)/b18-13+. The van der Waals surface area contributed by atoms with Crippen LogP contribution in [-0.2, 0) is 11.4 Å².